The van der Waals surface area contributed by atoms with Gasteiger partial charge in [-0.05, 0) is 43.7 Å². The van der Waals surface area contributed by atoms with Crippen LogP contribution in [0.4, 0.5) is 14.9 Å². The van der Waals surface area contributed by atoms with Crippen LogP contribution in [0.5, 0.6) is 17.2 Å². The van der Waals surface area contributed by atoms with Crippen molar-refractivity contribution in [1.82, 2.24) is 4.57 Å². The number of anilines is 1. The molecule has 2 N–H and O–H groups in total. The summed E-state index contributed by atoms with van der Waals surface area (Å²) in [6.07, 6.45) is 2.70. The molecule has 3 heterocycles. The molecule has 0 aliphatic carbocycles. The molecule has 10 heteroatoms. The van der Waals surface area contributed by atoms with Gasteiger partial charge in [0, 0.05) is 24.7 Å². The number of ether oxygens (including phenoxy) is 4. The number of nitrogens with zero attached hydrogens (tertiary/aromatic N) is 2. The number of rotatable bonds is 5. The van der Waals surface area contributed by atoms with Gasteiger partial charge in [-0.3, -0.25) is 4.79 Å². The maximum absolute atomic E-state index is 15.5. The molecule has 3 aromatic rings. The first-order chi connectivity index (χ1) is 16.9. The van der Waals surface area contributed by atoms with E-state index >= 15 is 4.39 Å². The summed E-state index contributed by atoms with van der Waals surface area (Å²) in [5, 5.41) is 0.0107. The molecular formula is C25H24FN3O6. The van der Waals surface area contributed by atoms with Gasteiger partial charge in [0.25, 0.3) is 0 Å². The number of aromatic nitrogens is 1. The first kappa shape index (κ1) is 22.7. The molecule has 1 saturated heterocycles. The maximum atomic E-state index is 15.5. The number of benzene rings is 2. The van der Waals surface area contributed by atoms with Gasteiger partial charge < -0.3 is 34.1 Å². The zero-order valence-corrected chi connectivity index (χ0v) is 19.2. The second kappa shape index (κ2) is 8.95. The van der Waals surface area contributed by atoms with Crippen LogP contribution in [-0.4, -0.2) is 43.6 Å². The molecule has 182 valence electrons. The van der Waals surface area contributed by atoms with Crippen LogP contribution in [0.1, 0.15) is 18.9 Å². The Hall–Kier alpha value is -4.05. The lowest BCUT2D eigenvalue weighted by atomic mass is 10.1. The van der Waals surface area contributed by atoms with Crippen molar-refractivity contribution in [2.24, 2.45) is 5.73 Å². The van der Waals surface area contributed by atoms with Gasteiger partial charge >= 0.3 is 6.16 Å². The molecule has 1 fully saturated rings. The van der Waals surface area contributed by atoms with E-state index in [-0.39, 0.29) is 35.2 Å². The molecule has 1 atom stereocenters. The summed E-state index contributed by atoms with van der Waals surface area (Å²) >= 11 is 0. The third-order valence-corrected chi connectivity index (χ3v) is 6.00. The van der Waals surface area contributed by atoms with E-state index in [4.69, 9.17) is 24.7 Å². The molecule has 0 saturated carbocycles. The highest BCUT2D eigenvalue weighted by Gasteiger charge is 2.31. The smallest absolute Gasteiger partial charge is 0.497 e. The van der Waals surface area contributed by atoms with Crippen molar-refractivity contribution < 1.29 is 28.1 Å². The lowest BCUT2D eigenvalue weighted by Crippen LogP contribution is -2.28. The van der Waals surface area contributed by atoms with Crippen molar-refractivity contribution in [3.05, 3.63) is 58.1 Å². The van der Waals surface area contributed by atoms with E-state index < -0.39 is 17.4 Å². The van der Waals surface area contributed by atoms with Crippen LogP contribution < -0.4 is 30.3 Å². The summed E-state index contributed by atoms with van der Waals surface area (Å²) < 4.78 is 38.5. The molecule has 0 bridgehead atoms. The van der Waals surface area contributed by atoms with Gasteiger partial charge in [-0.1, -0.05) is 0 Å². The van der Waals surface area contributed by atoms with Gasteiger partial charge in [-0.2, -0.15) is 0 Å². The maximum Gasteiger partial charge on any atom is 0.514 e. The van der Waals surface area contributed by atoms with Crippen LogP contribution in [-0.2, 0) is 4.74 Å². The van der Waals surface area contributed by atoms with Crippen molar-refractivity contribution >= 4 is 34.7 Å². The lowest BCUT2D eigenvalue weighted by Gasteiger charge is -2.28. The van der Waals surface area contributed by atoms with Crippen molar-refractivity contribution in [2.45, 2.75) is 19.4 Å². The Morgan fingerprint density at radius 1 is 1.29 bits per heavy atom. The zero-order chi connectivity index (χ0) is 24.7. The number of carbonyl (C=O) groups is 1. The van der Waals surface area contributed by atoms with E-state index in [1.165, 1.54) is 6.20 Å². The Morgan fingerprint density at radius 3 is 2.71 bits per heavy atom. The Bertz CT molecular complexity index is 1400. The van der Waals surface area contributed by atoms with Gasteiger partial charge in [-0.25, -0.2) is 9.18 Å². The average molecular weight is 481 g/mol. The normalized spacial score (nSPS) is 16.6. The number of carbonyl (C=O) groups excluding carboxylic acids is 1. The van der Waals surface area contributed by atoms with Gasteiger partial charge in [0.2, 0.25) is 5.43 Å². The minimum Gasteiger partial charge on any atom is -0.497 e. The highest BCUT2D eigenvalue weighted by atomic mass is 19.1. The summed E-state index contributed by atoms with van der Waals surface area (Å²) in [6.45, 7) is 2.70. The zero-order valence-electron chi connectivity index (χ0n) is 19.2. The van der Waals surface area contributed by atoms with E-state index in [0.29, 0.717) is 42.1 Å². The van der Waals surface area contributed by atoms with Crippen molar-refractivity contribution in [1.29, 1.82) is 0 Å². The third kappa shape index (κ3) is 4.06. The van der Waals surface area contributed by atoms with Crippen LogP contribution in [0.3, 0.4) is 0 Å². The lowest BCUT2D eigenvalue weighted by molar-refractivity contribution is 0.104. The van der Waals surface area contributed by atoms with Crippen LogP contribution in [0.15, 0.2) is 41.3 Å². The predicted molar refractivity (Wildman–Crippen MR) is 128 cm³/mol. The van der Waals surface area contributed by atoms with Gasteiger partial charge in [0.05, 0.1) is 31.5 Å². The Kier molecular flexibility index (Phi) is 5.81. The number of halogens is 1. The largest absolute Gasteiger partial charge is 0.514 e. The van der Waals surface area contributed by atoms with Gasteiger partial charge in [-0.15, -0.1) is 0 Å². The Labute approximate surface area is 200 Å². The summed E-state index contributed by atoms with van der Waals surface area (Å²) in [5.41, 5.74) is 6.72. The fourth-order valence-corrected chi connectivity index (χ4v) is 4.36. The molecular weight excluding hydrogens is 457 g/mol. The van der Waals surface area contributed by atoms with E-state index in [2.05, 4.69) is 0 Å². The molecule has 2 aliphatic heterocycles. The molecule has 1 aromatic heterocycles. The van der Waals surface area contributed by atoms with E-state index in [9.17, 15) is 9.59 Å². The number of hydrogen-bond donors (Lipinski definition) is 1. The van der Waals surface area contributed by atoms with Gasteiger partial charge in [0.15, 0.2) is 23.1 Å². The average Bonchev–Trinajstić information content (AvgIpc) is 3.27. The van der Waals surface area contributed by atoms with Crippen LogP contribution >= 0.6 is 0 Å². The highest BCUT2D eigenvalue weighted by molar-refractivity contribution is 5.97. The number of pyridine rings is 1. The minimum absolute atomic E-state index is 0.0107. The molecule has 2 aliphatic rings. The van der Waals surface area contributed by atoms with Crippen LogP contribution in [0.2, 0.25) is 0 Å². The monoisotopic (exact) mass is 481 g/mol. The molecule has 2 aromatic carbocycles. The summed E-state index contributed by atoms with van der Waals surface area (Å²) in [7, 11) is 1.57. The second-order valence-corrected chi connectivity index (χ2v) is 8.27. The topological polar surface area (TPSA) is 105 Å². The quantitative estimate of drug-likeness (QED) is 0.552. The summed E-state index contributed by atoms with van der Waals surface area (Å²) in [4.78, 5) is 26.9. The Balaban J connectivity index is 1.72. The standard InChI is InChI=1S/C25H24FN3O6/c1-3-33-25(31)35-20-13-29-12-19(14-4-6-16(32-2)7-5-14)34-24-21(29)17(23(20)30)10-18(26)22(24)28-9-8-15(27)11-28/h4-7,10,12-13,15H,3,8-9,11,27H2,1-2H3. The highest BCUT2D eigenvalue weighted by Crippen LogP contribution is 2.44. The van der Waals surface area contributed by atoms with Gasteiger partial charge in [0.1, 0.15) is 17.0 Å². The molecule has 5 rings (SSSR count). The fraction of sp³-hybridized carbons (Fsp3) is 0.280. The number of methoxy groups -OCH3 is 1. The van der Waals surface area contributed by atoms with Crippen molar-refractivity contribution in [2.75, 3.05) is 31.7 Å². The fourth-order valence-electron chi connectivity index (χ4n) is 4.36. The van der Waals surface area contributed by atoms with E-state index in [1.54, 1.807) is 49.1 Å². The molecule has 0 amide bonds. The third-order valence-electron chi connectivity index (χ3n) is 6.00. The minimum atomic E-state index is -1.02. The summed E-state index contributed by atoms with van der Waals surface area (Å²) in [5.74, 6) is 0.350. The predicted octanol–water partition coefficient (Wildman–Crippen LogP) is 3.57. The molecule has 9 nitrogen and oxygen atoms in total. The van der Waals surface area contributed by atoms with Crippen LogP contribution in [0, 0.1) is 5.82 Å². The first-order valence-corrected chi connectivity index (χ1v) is 11.2. The van der Waals surface area contributed by atoms with E-state index in [0.717, 1.165) is 6.07 Å². The van der Waals surface area contributed by atoms with Crippen LogP contribution in [0.25, 0.3) is 22.9 Å². The number of hydrogen-bond acceptors (Lipinski definition) is 8. The molecule has 0 spiro atoms. The first-order valence-electron chi connectivity index (χ1n) is 11.2. The molecule has 0 radical (unpaired) electrons. The summed E-state index contributed by atoms with van der Waals surface area (Å²) in [6, 6.07) is 8.20. The molecule has 1 unspecified atom stereocenters. The number of nitrogens with two attached hydrogens (primary N) is 1. The Morgan fingerprint density at radius 2 is 2.06 bits per heavy atom. The molecule has 35 heavy (non-hydrogen) atoms. The van der Waals surface area contributed by atoms with Crippen molar-refractivity contribution in [3.8, 4) is 17.2 Å². The van der Waals surface area contributed by atoms with Crippen molar-refractivity contribution in [3.63, 3.8) is 0 Å². The second-order valence-electron chi connectivity index (χ2n) is 8.27. The SMILES string of the molecule is CCOC(=O)Oc1cn2c3c(c(N4CCC(N)C4)c(F)cc3c1=O)OC(c1ccc(OC)cc1)=C2. The van der Waals surface area contributed by atoms with E-state index in [1.807, 2.05) is 4.90 Å².